The Morgan fingerprint density at radius 3 is 2.80 bits per heavy atom. The SMILES string of the molecule is O=C1CCCN1c1cccc(NC2CCS(=O)(=O)C2)c1. The molecule has 1 atom stereocenters. The number of nitrogens with one attached hydrogen (secondary N) is 1. The molecule has 2 heterocycles. The Labute approximate surface area is 118 Å². The van der Waals surface area contributed by atoms with Crippen molar-refractivity contribution in [3.63, 3.8) is 0 Å². The lowest BCUT2D eigenvalue weighted by atomic mass is 10.2. The van der Waals surface area contributed by atoms with Gasteiger partial charge in [-0.05, 0) is 31.0 Å². The topological polar surface area (TPSA) is 66.5 Å². The van der Waals surface area contributed by atoms with Gasteiger partial charge >= 0.3 is 0 Å². The number of hydrogen-bond acceptors (Lipinski definition) is 4. The average molecular weight is 294 g/mol. The van der Waals surface area contributed by atoms with E-state index in [4.69, 9.17) is 0 Å². The van der Waals surface area contributed by atoms with E-state index in [0.717, 1.165) is 24.3 Å². The molecular weight excluding hydrogens is 276 g/mol. The maximum absolute atomic E-state index is 11.7. The van der Waals surface area contributed by atoms with Gasteiger partial charge in [-0.1, -0.05) is 6.07 Å². The second-order valence-electron chi connectivity index (χ2n) is 5.44. The summed E-state index contributed by atoms with van der Waals surface area (Å²) in [5, 5.41) is 3.26. The molecule has 1 amide bonds. The third kappa shape index (κ3) is 2.80. The molecule has 1 unspecified atom stereocenters. The third-order valence-electron chi connectivity index (χ3n) is 3.83. The molecule has 1 aromatic carbocycles. The summed E-state index contributed by atoms with van der Waals surface area (Å²) in [4.78, 5) is 13.5. The van der Waals surface area contributed by atoms with Crippen molar-refractivity contribution in [1.29, 1.82) is 0 Å². The molecule has 2 saturated heterocycles. The Morgan fingerprint density at radius 2 is 2.15 bits per heavy atom. The van der Waals surface area contributed by atoms with Gasteiger partial charge in [-0.3, -0.25) is 4.79 Å². The largest absolute Gasteiger partial charge is 0.381 e. The lowest BCUT2D eigenvalue weighted by molar-refractivity contribution is -0.117. The second kappa shape index (κ2) is 5.09. The summed E-state index contributed by atoms with van der Waals surface area (Å²) in [6.07, 6.45) is 2.16. The number of anilines is 2. The van der Waals surface area contributed by atoms with E-state index in [9.17, 15) is 13.2 Å². The normalized spacial score (nSPS) is 25.1. The third-order valence-corrected chi connectivity index (χ3v) is 5.60. The minimum absolute atomic E-state index is 0.0236. The summed E-state index contributed by atoms with van der Waals surface area (Å²) >= 11 is 0. The van der Waals surface area contributed by atoms with Crippen LogP contribution in [0.5, 0.6) is 0 Å². The molecule has 2 fully saturated rings. The molecule has 3 rings (SSSR count). The predicted octanol–water partition coefficient (Wildman–Crippen LogP) is 1.41. The first-order valence-corrected chi connectivity index (χ1v) is 8.73. The van der Waals surface area contributed by atoms with Crippen molar-refractivity contribution in [3.8, 4) is 0 Å². The second-order valence-corrected chi connectivity index (χ2v) is 7.67. The number of nitrogens with zero attached hydrogens (tertiary/aromatic N) is 1. The van der Waals surface area contributed by atoms with Crippen LogP contribution in [0.4, 0.5) is 11.4 Å². The first-order valence-electron chi connectivity index (χ1n) is 6.91. The van der Waals surface area contributed by atoms with Crippen LogP contribution in [0.15, 0.2) is 24.3 Å². The quantitative estimate of drug-likeness (QED) is 0.915. The summed E-state index contributed by atoms with van der Waals surface area (Å²) in [5.41, 5.74) is 1.77. The smallest absolute Gasteiger partial charge is 0.227 e. The van der Waals surface area contributed by atoms with Gasteiger partial charge in [0.15, 0.2) is 9.84 Å². The lowest BCUT2D eigenvalue weighted by Gasteiger charge is -2.18. The van der Waals surface area contributed by atoms with Gasteiger partial charge in [0.05, 0.1) is 11.5 Å². The van der Waals surface area contributed by atoms with Gasteiger partial charge in [0.2, 0.25) is 5.91 Å². The summed E-state index contributed by atoms with van der Waals surface area (Å²) < 4.78 is 22.9. The van der Waals surface area contributed by atoms with Crippen molar-refractivity contribution in [1.82, 2.24) is 0 Å². The van der Waals surface area contributed by atoms with Crippen LogP contribution in [0.3, 0.4) is 0 Å². The Morgan fingerprint density at radius 1 is 1.30 bits per heavy atom. The summed E-state index contributed by atoms with van der Waals surface area (Å²) in [7, 11) is -2.88. The van der Waals surface area contributed by atoms with Crippen LogP contribution in [-0.2, 0) is 14.6 Å². The Hall–Kier alpha value is -1.56. The summed E-state index contributed by atoms with van der Waals surface area (Å²) in [6, 6.07) is 7.62. The molecular formula is C14H18N2O3S. The van der Waals surface area contributed by atoms with E-state index in [0.29, 0.717) is 12.8 Å². The molecule has 0 aromatic heterocycles. The van der Waals surface area contributed by atoms with E-state index in [2.05, 4.69) is 5.32 Å². The van der Waals surface area contributed by atoms with E-state index in [1.807, 2.05) is 24.3 Å². The zero-order valence-corrected chi connectivity index (χ0v) is 12.0. The molecule has 0 spiro atoms. The fraction of sp³-hybridized carbons (Fsp3) is 0.500. The average Bonchev–Trinajstić information content (AvgIpc) is 2.96. The minimum atomic E-state index is -2.88. The van der Waals surface area contributed by atoms with Crippen molar-refractivity contribution in [2.24, 2.45) is 0 Å². The molecule has 1 N–H and O–H groups in total. The highest BCUT2D eigenvalue weighted by Gasteiger charge is 2.28. The van der Waals surface area contributed by atoms with Crippen LogP contribution < -0.4 is 10.2 Å². The highest BCUT2D eigenvalue weighted by atomic mass is 32.2. The summed E-state index contributed by atoms with van der Waals surface area (Å²) in [5.74, 6) is 0.611. The van der Waals surface area contributed by atoms with Crippen molar-refractivity contribution in [2.45, 2.75) is 25.3 Å². The van der Waals surface area contributed by atoms with Gasteiger partial charge < -0.3 is 10.2 Å². The van der Waals surface area contributed by atoms with Crippen molar-refractivity contribution < 1.29 is 13.2 Å². The van der Waals surface area contributed by atoms with E-state index in [1.165, 1.54) is 0 Å². The molecule has 108 valence electrons. The van der Waals surface area contributed by atoms with Crippen LogP contribution in [0.1, 0.15) is 19.3 Å². The van der Waals surface area contributed by atoms with Crippen LogP contribution in [0.2, 0.25) is 0 Å². The monoisotopic (exact) mass is 294 g/mol. The van der Waals surface area contributed by atoms with Crippen molar-refractivity contribution >= 4 is 27.1 Å². The highest BCUT2D eigenvalue weighted by Crippen LogP contribution is 2.25. The van der Waals surface area contributed by atoms with Crippen LogP contribution >= 0.6 is 0 Å². The van der Waals surface area contributed by atoms with Crippen LogP contribution in [0, 0.1) is 0 Å². The van der Waals surface area contributed by atoms with Crippen LogP contribution in [-0.4, -0.2) is 38.4 Å². The lowest BCUT2D eigenvalue weighted by Crippen LogP contribution is -2.24. The molecule has 2 aliphatic heterocycles. The van der Waals surface area contributed by atoms with Crippen LogP contribution in [0.25, 0.3) is 0 Å². The number of carbonyl (C=O) groups excluding carboxylic acids is 1. The molecule has 6 heteroatoms. The molecule has 0 radical (unpaired) electrons. The zero-order valence-electron chi connectivity index (χ0n) is 11.2. The highest BCUT2D eigenvalue weighted by molar-refractivity contribution is 7.91. The molecule has 0 bridgehead atoms. The number of sulfone groups is 1. The number of hydrogen-bond donors (Lipinski definition) is 1. The van der Waals surface area contributed by atoms with Gasteiger partial charge in [0, 0.05) is 30.4 Å². The zero-order chi connectivity index (χ0) is 14.2. The van der Waals surface area contributed by atoms with Gasteiger partial charge in [0.1, 0.15) is 0 Å². The number of carbonyl (C=O) groups is 1. The maximum Gasteiger partial charge on any atom is 0.227 e. The molecule has 0 aliphatic carbocycles. The molecule has 0 saturated carbocycles. The van der Waals surface area contributed by atoms with E-state index < -0.39 is 9.84 Å². The maximum atomic E-state index is 11.7. The van der Waals surface area contributed by atoms with Gasteiger partial charge in [-0.25, -0.2) is 8.42 Å². The van der Waals surface area contributed by atoms with Gasteiger partial charge in [0.25, 0.3) is 0 Å². The Bertz CT molecular complexity index is 627. The summed E-state index contributed by atoms with van der Waals surface area (Å²) in [6.45, 7) is 0.764. The number of rotatable bonds is 3. The van der Waals surface area contributed by atoms with Crippen molar-refractivity contribution in [3.05, 3.63) is 24.3 Å². The van der Waals surface area contributed by atoms with Gasteiger partial charge in [-0.15, -0.1) is 0 Å². The number of amides is 1. The Kier molecular flexibility index (Phi) is 3.41. The Balaban J connectivity index is 1.73. The molecule has 20 heavy (non-hydrogen) atoms. The molecule has 1 aromatic rings. The first-order chi connectivity index (χ1) is 9.53. The fourth-order valence-electron chi connectivity index (χ4n) is 2.83. The standard InChI is InChI=1S/C14H18N2O3S/c17-14-5-2-7-16(14)13-4-1-3-11(9-13)15-12-6-8-20(18,19)10-12/h1,3-4,9,12,15H,2,5-8,10H2. The van der Waals surface area contributed by atoms with E-state index >= 15 is 0 Å². The van der Waals surface area contributed by atoms with Gasteiger partial charge in [-0.2, -0.15) is 0 Å². The number of benzene rings is 1. The molecule has 2 aliphatic rings. The van der Waals surface area contributed by atoms with Crippen molar-refractivity contribution in [2.75, 3.05) is 28.3 Å². The van der Waals surface area contributed by atoms with E-state index in [1.54, 1.807) is 4.90 Å². The molecule has 5 nitrogen and oxygen atoms in total. The predicted molar refractivity (Wildman–Crippen MR) is 78.7 cm³/mol. The fourth-order valence-corrected chi connectivity index (χ4v) is 4.50. The minimum Gasteiger partial charge on any atom is -0.381 e. The van der Waals surface area contributed by atoms with E-state index in [-0.39, 0.29) is 23.5 Å². The first kappa shape index (κ1) is 13.4.